The molecule has 0 spiro atoms. The van der Waals surface area contributed by atoms with E-state index in [9.17, 15) is 9.90 Å². The molecule has 2 N–H and O–H groups in total. The lowest BCUT2D eigenvalue weighted by molar-refractivity contribution is 0.0702. The first-order valence-corrected chi connectivity index (χ1v) is 5.50. The number of carbonyl (C=O) groups is 1. The van der Waals surface area contributed by atoms with E-state index in [0.717, 1.165) is 11.3 Å². The van der Waals surface area contributed by atoms with Gasteiger partial charge in [0.1, 0.15) is 9.88 Å². The molecular weight excluding hydrogens is 242 g/mol. The number of benzene rings is 1. The van der Waals surface area contributed by atoms with Crippen LogP contribution in [0.15, 0.2) is 24.4 Å². The van der Waals surface area contributed by atoms with Crippen molar-refractivity contribution < 1.29 is 19.7 Å². The van der Waals surface area contributed by atoms with Gasteiger partial charge in [0.25, 0.3) is 0 Å². The monoisotopic (exact) mass is 251 g/mol. The van der Waals surface area contributed by atoms with Crippen molar-refractivity contribution in [2.45, 2.75) is 0 Å². The number of aromatic carboxylic acids is 1. The summed E-state index contributed by atoms with van der Waals surface area (Å²) >= 11 is 1.05. The molecule has 17 heavy (non-hydrogen) atoms. The van der Waals surface area contributed by atoms with Gasteiger partial charge in [-0.15, -0.1) is 11.3 Å². The Bertz CT molecular complexity index is 564. The third-order valence-corrected chi connectivity index (χ3v) is 3.18. The van der Waals surface area contributed by atoms with Crippen LogP contribution in [0.1, 0.15) is 9.67 Å². The zero-order chi connectivity index (χ0) is 12.4. The van der Waals surface area contributed by atoms with Crippen molar-refractivity contribution in [1.82, 2.24) is 4.98 Å². The molecule has 0 unspecified atom stereocenters. The lowest BCUT2D eigenvalue weighted by Crippen LogP contribution is -1.89. The summed E-state index contributed by atoms with van der Waals surface area (Å²) in [6.07, 6.45) is 1.30. The van der Waals surface area contributed by atoms with Crippen LogP contribution in [-0.4, -0.2) is 28.3 Å². The van der Waals surface area contributed by atoms with Gasteiger partial charge in [-0.2, -0.15) is 0 Å². The Morgan fingerprint density at radius 3 is 2.76 bits per heavy atom. The molecule has 1 aromatic carbocycles. The van der Waals surface area contributed by atoms with Gasteiger partial charge in [0.2, 0.25) is 0 Å². The van der Waals surface area contributed by atoms with Crippen LogP contribution in [0.5, 0.6) is 11.5 Å². The van der Waals surface area contributed by atoms with E-state index in [1.165, 1.54) is 19.4 Å². The van der Waals surface area contributed by atoms with Gasteiger partial charge < -0.3 is 14.9 Å². The Kier molecular flexibility index (Phi) is 2.97. The number of rotatable bonds is 3. The maximum atomic E-state index is 10.7. The van der Waals surface area contributed by atoms with E-state index < -0.39 is 5.97 Å². The molecule has 0 atom stereocenters. The zero-order valence-electron chi connectivity index (χ0n) is 8.88. The lowest BCUT2D eigenvalue weighted by Gasteiger charge is -2.03. The molecule has 5 nitrogen and oxygen atoms in total. The topological polar surface area (TPSA) is 79.7 Å². The van der Waals surface area contributed by atoms with Crippen LogP contribution in [0.3, 0.4) is 0 Å². The minimum Gasteiger partial charge on any atom is -0.504 e. The molecule has 0 bridgehead atoms. The molecule has 0 radical (unpaired) electrons. The predicted octanol–water partition coefficient (Wildman–Crippen LogP) is 2.22. The molecule has 1 heterocycles. The van der Waals surface area contributed by atoms with Crippen molar-refractivity contribution in [2.24, 2.45) is 0 Å². The summed E-state index contributed by atoms with van der Waals surface area (Å²) in [5, 5.41) is 18.9. The number of methoxy groups -OCH3 is 1. The molecule has 2 rings (SSSR count). The predicted molar refractivity (Wildman–Crippen MR) is 62.7 cm³/mol. The number of phenolic OH excluding ortho intramolecular Hbond substituents is 1. The second-order valence-corrected chi connectivity index (χ2v) is 4.25. The van der Waals surface area contributed by atoms with Crippen LogP contribution in [0.4, 0.5) is 0 Å². The molecule has 0 aliphatic carbocycles. The second kappa shape index (κ2) is 4.42. The summed E-state index contributed by atoms with van der Waals surface area (Å²) in [6.45, 7) is 0. The highest BCUT2D eigenvalue weighted by Crippen LogP contribution is 2.33. The van der Waals surface area contributed by atoms with E-state index in [1.54, 1.807) is 12.1 Å². The first kappa shape index (κ1) is 11.4. The van der Waals surface area contributed by atoms with Gasteiger partial charge in [0.15, 0.2) is 11.5 Å². The number of nitrogens with zero attached hydrogens (tertiary/aromatic N) is 1. The van der Waals surface area contributed by atoms with E-state index in [4.69, 9.17) is 9.84 Å². The van der Waals surface area contributed by atoms with Gasteiger partial charge in [-0.3, -0.25) is 0 Å². The van der Waals surface area contributed by atoms with E-state index in [1.807, 2.05) is 0 Å². The summed E-state index contributed by atoms with van der Waals surface area (Å²) in [5.74, 6) is -0.646. The largest absolute Gasteiger partial charge is 0.504 e. The number of carboxylic acid groups (broad SMARTS) is 1. The molecular formula is C11H9NO4S. The van der Waals surface area contributed by atoms with Crippen molar-refractivity contribution in [3.05, 3.63) is 29.3 Å². The van der Waals surface area contributed by atoms with Crippen LogP contribution in [0.25, 0.3) is 10.6 Å². The van der Waals surface area contributed by atoms with Crippen molar-refractivity contribution >= 4 is 17.3 Å². The zero-order valence-corrected chi connectivity index (χ0v) is 9.69. The number of hydrogen-bond acceptors (Lipinski definition) is 5. The molecule has 0 saturated carbocycles. The quantitative estimate of drug-likeness (QED) is 0.874. The van der Waals surface area contributed by atoms with Crippen molar-refractivity contribution in [2.75, 3.05) is 7.11 Å². The van der Waals surface area contributed by atoms with Gasteiger partial charge in [0.05, 0.1) is 13.3 Å². The van der Waals surface area contributed by atoms with E-state index in [2.05, 4.69) is 4.98 Å². The minimum atomic E-state index is -1.01. The Balaban J connectivity index is 2.39. The van der Waals surface area contributed by atoms with Crippen LogP contribution in [0.2, 0.25) is 0 Å². The van der Waals surface area contributed by atoms with E-state index >= 15 is 0 Å². The van der Waals surface area contributed by atoms with Crippen LogP contribution in [0, 0.1) is 0 Å². The molecule has 0 saturated heterocycles. The van der Waals surface area contributed by atoms with Crippen molar-refractivity contribution in [1.29, 1.82) is 0 Å². The van der Waals surface area contributed by atoms with Crippen LogP contribution in [-0.2, 0) is 0 Å². The molecule has 6 heteroatoms. The number of phenols is 1. The number of aromatic hydroxyl groups is 1. The molecule has 0 aliphatic rings. The highest BCUT2D eigenvalue weighted by atomic mass is 32.1. The number of thiazole rings is 1. The Hall–Kier alpha value is -2.08. The Morgan fingerprint density at radius 2 is 2.24 bits per heavy atom. The molecule has 0 amide bonds. The fraction of sp³-hybridized carbons (Fsp3) is 0.0909. The Morgan fingerprint density at radius 1 is 1.47 bits per heavy atom. The number of hydrogen-bond donors (Lipinski definition) is 2. The molecule has 88 valence electrons. The highest BCUT2D eigenvalue weighted by Gasteiger charge is 2.11. The SMILES string of the molecule is COc1ccc(-c2ncc(C(=O)O)s2)cc1O. The average Bonchev–Trinajstić information content (AvgIpc) is 2.78. The third-order valence-electron chi connectivity index (χ3n) is 2.14. The fourth-order valence-electron chi connectivity index (χ4n) is 1.33. The maximum Gasteiger partial charge on any atom is 0.347 e. The van der Waals surface area contributed by atoms with Crippen LogP contribution >= 0.6 is 11.3 Å². The smallest absolute Gasteiger partial charge is 0.347 e. The molecule has 0 fully saturated rings. The number of carboxylic acids is 1. The van der Waals surface area contributed by atoms with Gasteiger partial charge in [-0.1, -0.05) is 0 Å². The van der Waals surface area contributed by atoms with E-state index in [-0.39, 0.29) is 10.6 Å². The van der Waals surface area contributed by atoms with Crippen LogP contribution < -0.4 is 4.74 Å². The summed E-state index contributed by atoms with van der Waals surface area (Å²) in [4.78, 5) is 14.9. The standard InChI is InChI=1S/C11H9NO4S/c1-16-8-3-2-6(4-7(8)13)10-12-5-9(17-10)11(14)15/h2-5,13H,1H3,(H,14,15). The minimum absolute atomic E-state index is 0.00271. The lowest BCUT2D eigenvalue weighted by atomic mass is 10.2. The van der Waals surface area contributed by atoms with Gasteiger partial charge >= 0.3 is 5.97 Å². The third kappa shape index (κ3) is 2.21. The average molecular weight is 251 g/mol. The summed E-state index contributed by atoms with van der Waals surface area (Å²) in [7, 11) is 1.46. The molecule has 2 aromatic rings. The Labute approximate surface area is 101 Å². The van der Waals surface area contributed by atoms with Gasteiger partial charge in [-0.05, 0) is 18.2 Å². The van der Waals surface area contributed by atoms with Gasteiger partial charge in [-0.25, -0.2) is 9.78 Å². The second-order valence-electron chi connectivity index (χ2n) is 3.22. The number of ether oxygens (including phenoxy) is 1. The van der Waals surface area contributed by atoms with Crippen molar-refractivity contribution in [3.63, 3.8) is 0 Å². The summed E-state index contributed by atoms with van der Waals surface area (Å²) in [5.41, 5.74) is 0.654. The first-order chi connectivity index (χ1) is 8.11. The normalized spacial score (nSPS) is 10.2. The number of aromatic nitrogens is 1. The fourth-order valence-corrected chi connectivity index (χ4v) is 2.08. The molecule has 1 aromatic heterocycles. The first-order valence-electron chi connectivity index (χ1n) is 4.68. The maximum absolute atomic E-state index is 10.7. The summed E-state index contributed by atoms with van der Waals surface area (Å²) < 4.78 is 4.92. The summed E-state index contributed by atoms with van der Waals surface area (Å²) in [6, 6.07) is 4.80. The van der Waals surface area contributed by atoms with Crippen molar-refractivity contribution in [3.8, 4) is 22.1 Å². The highest BCUT2D eigenvalue weighted by molar-refractivity contribution is 7.16. The van der Waals surface area contributed by atoms with Gasteiger partial charge in [0, 0.05) is 5.56 Å². The molecule has 0 aliphatic heterocycles. The van der Waals surface area contributed by atoms with E-state index in [0.29, 0.717) is 16.3 Å².